The van der Waals surface area contributed by atoms with Crippen molar-refractivity contribution in [1.82, 2.24) is 10.3 Å². The number of hydrogen-bond acceptors (Lipinski definition) is 4. The van der Waals surface area contributed by atoms with Crippen LogP contribution in [0.3, 0.4) is 0 Å². The maximum Gasteiger partial charge on any atom is 0.221 e. The first kappa shape index (κ1) is 14.4. The van der Waals surface area contributed by atoms with Gasteiger partial charge >= 0.3 is 0 Å². The summed E-state index contributed by atoms with van der Waals surface area (Å²) in [7, 11) is 0. The number of amides is 1. The Morgan fingerprint density at radius 3 is 2.96 bits per heavy atom. The highest BCUT2D eigenvalue weighted by Crippen LogP contribution is 2.37. The predicted molar refractivity (Wildman–Crippen MR) is 94.8 cm³/mol. The molecule has 1 aliphatic rings. The molecule has 116 valence electrons. The molecule has 2 N–H and O–H groups in total. The van der Waals surface area contributed by atoms with E-state index in [1.54, 1.807) is 18.3 Å². The van der Waals surface area contributed by atoms with Crippen molar-refractivity contribution in [3.8, 4) is 10.6 Å². The molecule has 1 aliphatic heterocycles. The Morgan fingerprint density at radius 2 is 2.13 bits per heavy atom. The lowest BCUT2D eigenvalue weighted by Gasteiger charge is -2.20. The van der Waals surface area contributed by atoms with E-state index in [0.29, 0.717) is 0 Å². The summed E-state index contributed by atoms with van der Waals surface area (Å²) in [6.07, 6.45) is 0.988. The van der Waals surface area contributed by atoms with Gasteiger partial charge in [0.1, 0.15) is 5.01 Å². The predicted octanol–water partition coefficient (Wildman–Crippen LogP) is 3.57. The van der Waals surface area contributed by atoms with E-state index in [2.05, 4.69) is 28.8 Å². The Morgan fingerprint density at radius 1 is 1.26 bits per heavy atom. The van der Waals surface area contributed by atoms with Gasteiger partial charge < -0.3 is 10.6 Å². The molecule has 23 heavy (non-hydrogen) atoms. The van der Waals surface area contributed by atoms with E-state index >= 15 is 0 Å². The Kier molecular flexibility index (Phi) is 3.59. The second-order valence-corrected chi connectivity index (χ2v) is 6.79. The fourth-order valence-electron chi connectivity index (χ4n) is 2.99. The number of fused-ring (bicyclic) bond motifs is 2. The summed E-state index contributed by atoms with van der Waals surface area (Å²) in [5.74, 6) is -0.0544. The molecule has 2 heterocycles. The molecule has 1 aromatic heterocycles. The van der Waals surface area contributed by atoms with Crippen LogP contribution in [0, 0.1) is 0 Å². The Bertz CT molecular complexity index is 867. The highest BCUT2D eigenvalue weighted by atomic mass is 32.1. The molecule has 5 heteroatoms. The van der Waals surface area contributed by atoms with Gasteiger partial charge in [0, 0.05) is 19.0 Å². The minimum Gasteiger partial charge on any atom is -0.326 e. The highest BCUT2D eigenvalue weighted by molar-refractivity contribution is 7.21. The quantitative estimate of drug-likeness (QED) is 0.758. The van der Waals surface area contributed by atoms with Gasteiger partial charge in [-0.25, -0.2) is 4.98 Å². The number of nitrogens with one attached hydrogen (secondary N) is 2. The van der Waals surface area contributed by atoms with E-state index in [0.717, 1.165) is 46.0 Å². The Balaban J connectivity index is 1.89. The van der Waals surface area contributed by atoms with Crippen molar-refractivity contribution < 1.29 is 4.79 Å². The molecule has 0 bridgehead atoms. The average Bonchev–Trinajstić information content (AvgIpc) is 2.97. The smallest absolute Gasteiger partial charge is 0.221 e. The summed E-state index contributed by atoms with van der Waals surface area (Å²) >= 11 is 1.66. The number of nitrogens with zero attached hydrogens (tertiary/aromatic N) is 1. The molecule has 0 atom stereocenters. The monoisotopic (exact) mass is 323 g/mol. The standard InChI is InChI=1S/C18H17N3OS/c1-11(22)20-16-9-12-6-7-19-10-13(12)8-14(16)18-21-15-4-2-3-5-17(15)23-18/h2-5,8-9,19H,6-7,10H2,1H3,(H,20,22). The Labute approximate surface area is 138 Å². The first-order chi connectivity index (χ1) is 11.2. The number of rotatable bonds is 2. The molecule has 1 amide bonds. The molecule has 3 aromatic rings. The van der Waals surface area contributed by atoms with Crippen LogP contribution >= 0.6 is 11.3 Å². The van der Waals surface area contributed by atoms with E-state index in [-0.39, 0.29) is 5.91 Å². The summed E-state index contributed by atoms with van der Waals surface area (Å²) in [4.78, 5) is 16.3. The van der Waals surface area contributed by atoms with E-state index in [1.807, 2.05) is 18.2 Å². The van der Waals surface area contributed by atoms with Crippen molar-refractivity contribution in [2.24, 2.45) is 0 Å². The van der Waals surface area contributed by atoms with E-state index in [9.17, 15) is 4.79 Å². The molecule has 0 spiro atoms. The Hall–Kier alpha value is -2.24. The molecule has 0 unspecified atom stereocenters. The van der Waals surface area contributed by atoms with Crippen LogP contribution in [0.15, 0.2) is 36.4 Å². The lowest BCUT2D eigenvalue weighted by atomic mass is 9.97. The van der Waals surface area contributed by atoms with Crippen LogP contribution in [0.2, 0.25) is 0 Å². The second-order valence-electron chi connectivity index (χ2n) is 5.76. The largest absolute Gasteiger partial charge is 0.326 e. The SMILES string of the molecule is CC(=O)Nc1cc2c(cc1-c1nc3ccccc3s1)CNCC2. The van der Waals surface area contributed by atoms with Gasteiger partial charge in [0.25, 0.3) is 0 Å². The molecular formula is C18H17N3OS. The van der Waals surface area contributed by atoms with Gasteiger partial charge in [0.05, 0.1) is 15.9 Å². The molecular weight excluding hydrogens is 306 g/mol. The molecule has 0 radical (unpaired) electrons. The number of para-hydroxylation sites is 1. The van der Waals surface area contributed by atoms with Gasteiger partial charge in [-0.15, -0.1) is 11.3 Å². The zero-order chi connectivity index (χ0) is 15.8. The van der Waals surface area contributed by atoms with Crippen LogP contribution in [0.1, 0.15) is 18.1 Å². The average molecular weight is 323 g/mol. The third-order valence-electron chi connectivity index (χ3n) is 4.06. The van der Waals surface area contributed by atoms with Crippen LogP contribution in [0.5, 0.6) is 0 Å². The minimum atomic E-state index is -0.0544. The molecule has 0 saturated carbocycles. The molecule has 2 aromatic carbocycles. The maximum atomic E-state index is 11.6. The van der Waals surface area contributed by atoms with Crippen LogP contribution < -0.4 is 10.6 Å². The van der Waals surface area contributed by atoms with Crippen molar-refractivity contribution >= 4 is 33.1 Å². The number of carbonyl (C=O) groups excluding carboxylic acids is 1. The molecule has 4 rings (SSSR count). The van der Waals surface area contributed by atoms with Crippen molar-refractivity contribution in [1.29, 1.82) is 0 Å². The van der Waals surface area contributed by atoms with E-state index in [4.69, 9.17) is 4.98 Å². The normalized spacial score (nSPS) is 13.8. The van der Waals surface area contributed by atoms with Crippen LogP contribution in [-0.2, 0) is 17.8 Å². The van der Waals surface area contributed by atoms with E-state index < -0.39 is 0 Å². The zero-order valence-electron chi connectivity index (χ0n) is 12.8. The number of carbonyl (C=O) groups is 1. The summed E-state index contributed by atoms with van der Waals surface area (Å²) in [6.45, 7) is 3.39. The zero-order valence-corrected chi connectivity index (χ0v) is 13.7. The van der Waals surface area contributed by atoms with Crippen LogP contribution in [-0.4, -0.2) is 17.4 Å². The van der Waals surface area contributed by atoms with Crippen molar-refractivity contribution in [3.05, 3.63) is 47.5 Å². The fourth-order valence-corrected chi connectivity index (χ4v) is 3.99. The third-order valence-corrected chi connectivity index (χ3v) is 5.13. The van der Waals surface area contributed by atoms with Crippen LogP contribution in [0.25, 0.3) is 20.8 Å². The summed E-state index contributed by atoms with van der Waals surface area (Å²) in [5, 5.41) is 7.32. The van der Waals surface area contributed by atoms with Gasteiger partial charge in [0.15, 0.2) is 0 Å². The van der Waals surface area contributed by atoms with Gasteiger partial charge in [-0.05, 0) is 48.4 Å². The van der Waals surface area contributed by atoms with Gasteiger partial charge in [-0.2, -0.15) is 0 Å². The minimum absolute atomic E-state index is 0.0544. The molecule has 0 aliphatic carbocycles. The van der Waals surface area contributed by atoms with Gasteiger partial charge in [0.2, 0.25) is 5.91 Å². The number of anilines is 1. The number of benzene rings is 2. The molecule has 4 nitrogen and oxygen atoms in total. The first-order valence-corrected chi connectivity index (χ1v) is 8.52. The molecule has 0 saturated heterocycles. The summed E-state index contributed by atoms with van der Waals surface area (Å²) in [6, 6.07) is 12.4. The van der Waals surface area contributed by atoms with Crippen molar-refractivity contribution in [2.45, 2.75) is 19.9 Å². The fraction of sp³-hybridized carbons (Fsp3) is 0.222. The number of aromatic nitrogens is 1. The van der Waals surface area contributed by atoms with Crippen molar-refractivity contribution in [2.75, 3.05) is 11.9 Å². The lowest BCUT2D eigenvalue weighted by Crippen LogP contribution is -2.24. The van der Waals surface area contributed by atoms with Crippen LogP contribution in [0.4, 0.5) is 5.69 Å². The maximum absolute atomic E-state index is 11.6. The lowest BCUT2D eigenvalue weighted by molar-refractivity contribution is -0.114. The third kappa shape index (κ3) is 2.73. The summed E-state index contributed by atoms with van der Waals surface area (Å²) < 4.78 is 1.16. The first-order valence-electron chi connectivity index (χ1n) is 7.71. The number of hydrogen-bond donors (Lipinski definition) is 2. The topological polar surface area (TPSA) is 54.0 Å². The van der Waals surface area contributed by atoms with Gasteiger partial charge in [-0.3, -0.25) is 4.79 Å². The van der Waals surface area contributed by atoms with Crippen molar-refractivity contribution in [3.63, 3.8) is 0 Å². The van der Waals surface area contributed by atoms with E-state index in [1.165, 1.54) is 11.1 Å². The second kappa shape index (κ2) is 5.76. The highest BCUT2D eigenvalue weighted by Gasteiger charge is 2.17. The number of thiazole rings is 1. The summed E-state index contributed by atoms with van der Waals surface area (Å²) in [5.41, 5.74) is 5.45. The van der Waals surface area contributed by atoms with Gasteiger partial charge in [-0.1, -0.05) is 12.1 Å². The molecule has 0 fully saturated rings.